The summed E-state index contributed by atoms with van der Waals surface area (Å²) in [5.74, 6) is 0.174. The Labute approximate surface area is 172 Å². The van der Waals surface area contributed by atoms with Gasteiger partial charge in [-0.15, -0.1) is 0 Å². The minimum atomic E-state index is 0.174. The predicted octanol–water partition coefficient (Wildman–Crippen LogP) is 4.11. The summed E-state index contributed by atoms with van der Waals surface area (Å²) in [6, 6.07) is 16.6. The molecule has 2 fully saturated rings. The van der Waals surface area contributed by atoms with Gasteiger partial charge in [0.15, 0.2) is 0 Å². The summed E-state index contributed by atoms with van der Waals surface area (Å²) in [4.78, 5) is 17.3. The molecule has 0 aromatic heterocycles. The lowest BCUT2D eigenvalue weighted by Gasteiger charge is -2.36. The fourth-order valence-corrected chi connectivity index (χ4v) is 4.49. The van der Waals surface area contributed by atoms with E-state index in [9.17, 15) is 4.79 Å². The highest BCUT2D eigenvalue weighted by Gasteiger charge is 2.24. The fourth-order valence-electron chi connectivity index (χ4n) is 4.29. The van der Waals surface area contributed by atoms with Crippen molar-refractivity contribution in [2.24, 2.45) is 0 Å². The van der Waals surface area contributed by atoms with Gasteiger partial charge in [0.2, 0.25) is 0 Å². The van der Waals surface area contributed by atoms with Crippen LogP contribution < -0.4 is 5.32 Å². The molecule has 1 N–H and O–H groups in total. The van der Waals surface area contributed by atoms with Crippen LogP contribution in [0.2, 0.25) is 5.02 Å². The minimum absolute atomic E-state index is 0.174. The van der Waals surface area contributed by atoms with Gasteiger partial charge in [-0.3, -0.25) is 9.69 Å². The highest BCUT2D eigenvalue weighted by atomic mass is 35.5. The largest absolute Gasteiger partial charge is 0.339 e. The van der Waals surface area contributed by atoms with Gasteiger partial charge in [0, 0.05) is 55.9 Å². The first-order valence-electron chi connectivity index (χ1n) is 10.3. The van der Waals surface area contributed by atoms with Crippen LogP contribution in [0.3, 0.4) is 0 Å². The minimum Gasteiger partial charge on any atom is -0.339 e. The fraction of sp³-hybridized carbons (Fsp3) is 0.435. The van der Waals surface area contributed by atoms with E-state index in [1.165, 1.54) is 17.5 Å². The lowest BCUT2D eigenvalue weighted by molar-refractivity contribution is 0.0724. The topological polar surface area (TPSA) is 35.6 Å². The molecule has 0 saturated carbocycles. The predicted molar refractivity (Wildman–Crippen MR) is 114 cm³/mol. The molecule has 4 rings (SSSR count). The van der Waals surface area contributed by atoms with Gasteiger partial charge >= 0.3 is 0 Å². The van der Waals surface area contributed by atoms with E-state index in [4.69, 9.17) is 11.6 Å². The van der Waals surface area contributed by atoms with E-state index in [0.717, 1.165) is 62.7 Å². The van der Waals surface area contributed by atoms with Crippen molar-refractivity contribution in [3.63, 3.8) is 0 Å². The van der Waals surface area contributed by atoms with Crippen LogP contribution in [0.15, 0.2) is 48.5 Å². The SMILES string of the molecule is O=C(c1cccc(CN2CCNCC2c2cccc(Cl)c2)c1)N1CCCCC1. The van der Waals surface area contributed by atoms with Crippen molar-refractivity contribution in [1.82, 2.24) is 15.1 Å². The van der Waals surface area contributed by atoms with Crippen molar-refractivity contribution < 1.29 is 4.79 Å². The molecule has 0 spiro atoms. The number of nitrogens with one attached hydrogen (secondary N) is 1. The molecule has 4 nitrogen and oxygen atoms in total. The van der Waals surface area contributed by atoms with Crippen molar-refractivity contribution in [3.8, 4) is 0 Å². The number of hydrogen-bond donors (Lipinski definition) is 1. The summed E-state index contributed by atoms with van der Waals surface area (Å²) in [5.41, 5.74) is 3.24. The molecule has 0 radical (unpaired) electrons. The number of carbonyl (C=O) groups excluding carboxylic acids is 1. The molecule has 2 aliphatic heterocycles. The van der Waals surface area contributed by atoms with Gasteiger partial charge in [-0.2, -0.15) is 0 Å². The number of piperazine rings is 1. The smallest absolute Gasteiger partial charge is 0.253 e. The van der Waals surface area contributed by atoms with Gasteiger partial charge in [-0.1, -0.05) is 35.9 Å². The first-order chi connectivity index (χ1) is 13.7. The van der Waals surface area contributed by atoms with Crippen LogP contribution in [-0.2, 0) is 6.54 Å². The molecule has 2 aliphatic rings. The summed E-state index contributed by atoms with van der Waals surface area (Å²) in [7, 11) is 0. The Bertz CT molecular complexity index is 819. The number of nitrogens with zero attached hydrogens (tertiary/aromatic N) is 2. The third-order valence-electron chi connectivity index (χ3n) is 5.79. The number of halogens is 1. The van der Waals surface area contributed by atoms with Crippen molar-refractivity contribution in [3.05, 3.63) is 70.2 Å². The maximum absolute atomic E-state index is 12.9. The second kappa shape index (κ2) is 9.08. The second-order valence-corrected chi connectivity index (χ2v) is 8.24. The normalized spacial score (nSPS) is 20.9. The molecule has 0 bridgehead atoms. The molecule has 0 aliphatic carbocycles. The molecule has 1 amide bonds. The maximum Gasteiger partial charge on any atom is 0.253 e. The third kappa shape index (κ3) is 4.57. The van der Waals surface area contributed by atoms with Gasteiger partial charge in [0.25, 0.3) is 5.91 Å². The Morgan fingerprint density at radius 1 is 1.04 bits per heavy atom. The first-order valence-corrected chi connectivity index (χ1v) is 10.7. The van der Waals surface area contributed by atoms with E-state index in [1.807, 2.05) is 29.2 Å². The maximum atomic E-state index is 12.9. The molecular weight excluding hydrogens is 370 g/mol. The molecule has 2 aromatic carbocycles. The zero-order valence-electron chi connectivity index (χ0n) is 16.2. The number of amides is 1. The van der Waals surface area contributed by atoms with Crippen molar-refractivity contribution in [2.45, 2.75) is 31.8 Å². The van der Waals surface area contributed by atoms with Crippen molar-refractivity contribution >= 4 is 17.5 Å². The highest BCUT2D eigenvalue weighted by Crippen LogP contribution is 2.26. The molecule has 2 aromatic rings. The Morgan fingerprint density at radius 3 is 2.68 bits per heavy atom. The lowest BCUT2D eigenvalue weighted by Crippen LogP contribution is -2.45. The number of piperidine rings is 1. The van der Waals surface area contributed by atoms with Gasteiger partial charge in [-0.05, 0) is 54.7 Å². The molecule has 1 unspecified atom stereocenters. The highest BCUT2D eigenvalue weighted by molar-refractivity contribution is 6.30. The zero-order valence-corrected chi connectivity index (χ0v) is 17.0. The molecule has 148 valence electrons. The summed E-state index contributed by atoms with van der Waals surface area (Å²) >= 11 is 6.22. The van der Waals surface area contributed by atoms with Crippen LogP contribution >= 0.6 is 11.6 Å². The Hall–Kier alpha value is -1.88. The van der Waals surface area contributed by atoms with Crippen molar-refractivity contribution in [1.29, 1.82) is 0 Å². The summed E-state index contributed by atoms with van der Waals surface area (Å²) in [5, 5.41) is 4.27. The van der Waals surface area contributed by atoms with E-state index in [0.29, 0.717) is 0 Å². The number of carbonyl (C=O) groups is 1. The van der Waals surface area contributed by atoms with Crippen LogP contribution in [0, 0.1) is 0 Å². The van der Waals surface area contributed by atoms with Crippen molar-refractivity contribution in [2.75, 3.05) is 32.7 Å². The lowest BCUT2D eigenvalue weighted by atomic mass is 10.0. The molecule has 2 saturated heterocycles. The summed E-state index contributed by atoms with van der Waals surface area (Å²) in [6.45, 7) is 5.47. The summed E-state index contributed by atoms with van der Waals surface area (Å²) < 4.78 is 0. The Balaban J connectivity index is 1.50. The molecular formula is C23H28ClN3O. The van der Waals surface area contributed by atoms with Crippen LogP contribution in [0.5, 0.6) is 0 Å². The van der Waals surface area contributed by atoms with E-state index in [-0.39, 0.29) is 11.9 Å². The van der Waals surface area contributed by atoms with Gasteiger partial charge < -0.3 is 10.2 Å². The zero-order chi connectivity index (χ0) is 19.3. The quantitative estimate of drug-likeness (QED) is 0.843. The van der Waals surface area contributed by atoms with Gasteiger partial charge in [-0.25, -0.2) is 0 Å². The second-order valence-electron chi connectivity index (χ2n) is 7.80. The molecule has 2 heterocycles. The number of rotatable bonds is 4. The van der Waals surface area contributed by atoms with Crippen LogP contribution in [0.4, 0.5) is 0 Å². The van der Waals surface area contributed by atoms with E-state index < -0.39 is 0 Å². The Morgan fingerprint density at radius 2 is 1.86 bits per heavy atom. The summed E-state index contributed by atoms with van der Waals surface area (Å²) in [6.07, 6.45) is 3.47. The van der Waals surface area contributed by atoms with E-state index >= 15 is 0 Å². The average Bonchev–Trinajstić information content (AvgIpc) is 2.74. The molecule has 28 heavy (non-hydrogen) atoms. The molecule has 5 heteroatoms. The first kappa shape index (κ1) is 19.4. The van der Waals surface area contributed by atoms with Crippen LogP contribution in [-0.4, -0.2) is 48.4 Å². The Kier molecular flexibility index (Phi) is 6.30. The standard InChI is InChI=1S/C23H28ClN3O/c24-21-9-5-7-19(15-21)22-16-25-10-13-27(22)17-18-6-4-8-20(14-18)23(28)26-11-2-1-3-12-26/h4-9,14-15,22,25H,1-3,10-13,16-17H2. The van der Waals surface area contributed by atoms with Gasteiger partial charge in [0.1, 0.15) is 0 Å². The van der Waals surface area contributed by atoms with E-state index in [1.54, 1.807) is 0 Å². The van der Waals surface area contributed by atoms with Crippen LogP contribution in [0.25, 0.3) is 0 Å². The number of benzene rings is 2. The van der Waals surface area contributed by atoms with E-state index in [2.05, 4.69) is 34.5 Å². The van der Waals surface area contributed by atoms with Crippen LogP contribution in [0.1, 0.15) is 46.8 Å². The molecule has 1 atom stereocenters. The van der Waals surface area contributed by atoms with Gasteiger partial charge in [0.05, 0.1) is 0 Å². The third-order valence-corrected chi connectivity index (χ3v) is 6.03. The number of hydrogen-bond acceptors (Lipinski definition) is 3. The number of likely N-dealkylation sites (tertiary alicyclic amines) is 1. The average molecular weight is 398 g/mol. The monoisotopic (exact) mass is 397 g/mol.